The number of hydrogen-bond donors (Lipinski definition) is 1. The first-order chi connectivity index (χ1) is 9.88. The molecule has 2 fully saturated rings. The maximum absolute atomic E-state index is 3.43. The fraction of sp³-hybridized carbons (Fsp3) is 0.667. The van der Waals surface area contributed by atoms with Gasteiger partial charge in [0.05, 0.1) is 0 Å². The predicted octanol–water partition coefficient (Wildman–Crippen LogP) is 3.40. The van der Waals surface area contributed by atoms with Crippen LogP contribution >= 0.6 is 0 Å². The molecule has 1 aliphatic carbocycles. The minimum atomic E-state index is 0.801. The van der Waals surface area contributed by atoms with Crippen molar-refractivity contribution >= 4 is 0 Å². The predicted molar refractivity (Wildman–Crippen MR) is 85.1 cm³/mol. The van der Waals surface area contributed by atoms with Gasteiger partial charge in [0.15, 0.2) is 0 Å². The van der Waals surface area contributed by atoms with Crippen molar-refractivity contribution in [3.8, 4) is 0 Å². The van der Waals surface area contributed by atoms with Crippen LogP contribution in [-0.2, 0) is 0 Å². The second-order valence-electron chi connectivity index (χ2n) is 6.47. The molecule has 1 heterocycles. The van der Waals surface area contributed by atoms with Crippen molar-refractivity contribution in [1.82, 2.24) is 10.2 Å². The maximum atomic E-state index is 3.43. The van der Waals surface area contributed by atoms with Gasteiger partial charge in [-0.3, -0.25) is 4.90 Å². The topological polar surface area (TPSA) is 15.3 Å². The van der Waals surface area contributed by atoms with E-state index in [0.29, 0.717) is 0 Å². The lowest BCUT2D eigenvalue weighted by Gasteiger charge is -2.45. The summed E-state index contributed by atoms with van der Waals surface area (Å²) in [5, 5.41) is 3.43. The third kappa shape index (κ3) is 3.07. The quantitative estimate of drug-likeness (QED) is 0.884. The van der Waals surface area contributed by atoms with Crippen LogP contribution in [0.4, 0.5) is 0 Å². The van der Waals surface area contributed by atoms with Gasteiger partial charge in [0.1, 0.15) is 0 Å². The van der Waals surface area contributed by atoms with Gasteiger partial charge < -0.3 is 5.32 Å². The minimum absolute atomic E-state index is 0.801. The average Bonchev–Trinajstić information content (AvgIpc) is 2.46. The van der Waals surface area contributed by atoms with Gasteiger partial charge in [-0.05, 0) is 50.1 Å². The lowest BCUT2D eigenvalue weighted by atomic mass is 9.80. The molecule has 110 valence electrons. The molecule has 0 atom stereocenters. The molecular weight excluding hydrogens is 244 g/mol. The molecule has 1 saturated carbocycles. The Labute approximate surface area is 123 Å². The average molecular weight is 272 g/mol. The first-order valence-corrected chi connectivity index (χ1v) is 8.40. The molecule has 1 aliphatic heterocycles. The van der Waals surface area contributed by atoms with E-state index in [1.54, 1.807) is 5.56 Å². The number of rotatable bonds is 5. The molecule has 0 bridgehead atoms. The van der Waals surface area contributed by atoms with E-state index in [0.717, 1.165) is 18.0 Å². The SMILES string of the molecule is CCCN(C1CCC(c2ccccc2)CC1)C1CNC1. The fourth-order valence-electron chi connectivity index (χ4n) is 3.90. The molecule has 0 aromatic heterocycles. The maximum Gasteiger partial charge on any atom is 0.0348 e. The molecule has 2 heteroatoms. The highest BCUT2D eigenvalue weighted by molar-refractivity contribution is 5.20. The molecule has 0 radical (unpaired) electrons. The van der Waals surface area contributed by atoms with Gasteiger partial charge in [-0.15, -0.1) is 0 Å². The van der Waals surface area contributed by atoms with Crippen LogP contribution in [-0.4, -0.2) is 36.6 Å². The van der Waals surface area contributed by atoms with Crippen LogP contribution in [0.25, 0.3) is 0 Å². The minimum Gasteiger partial charge on any atom is -0.314 e. The first-order valence-electron chi connectivity index (χ1n) is 8.40. The van der Waals surface area contributed by atoms with Crippen LogP contribution in [0, 0.1) is 0 Å². The molecule has 0 unspecified atom stereocenters. The zero-order valence-corrected chi connectivity index (χ0v) is 12.7. The largest absolute Gasteiger partial charge is 0.314 e. The number of nitrogens with one attached hydrogen (secondary N) is 1. The second kappa shape index (κ2) is 6.73. The number of hydrogen-bond acceptors (Lipinski definition) is 2. The molecule has 2 nitrogen and oxygen atoms in total. The monoisotopic (exact) mass is 272 g/mol. The summed E-state index contributed by atoms with van der Waals surface area (Å²) >= 11 is 0. The van der Waals surface area contributed by atoms with Gasteiger partial charge in [0.2, 0.25) is 0 Å². The van der Waals surface area contributed by atoms with E-state index >= 15 is 0 Å². The van der Waals surface area contributed by atoms with Gasteiger partial charge in [-0.2, -0.15) is 0 Å². The summed E-state index contributed by atoms with van der Waals surface area (Å²) in [6.45, 7) is 6.01. The van der Waals surface area contributed by atoms with Gasteiger partial charge in [-0.25, -0.2) is 0 Å². The Hall–Kier alpha value is -0.860. The molecule has 1 N–H and O–H groups in total. The van der Waals surface area contributed by atoms with Crippen molar-refractivity contribution in [1.29, 1.82) is 0 Å². The highest BCUT2D eigenvalue weighted by Crippen LogP contribution is 2.35. The number of benzene rings is 1. The van der Waals surface area contributed by atoms with E-state index < -0.39 is 0 Å². The molecule has 20 heavy (non-hydrogen) atoms. The Bertz CT molecular complexity index is 391. The third-order valence-corrected chi connectivity index (χ3v) is 5.15. The third-order valence-electron chi connectivity index (χ3n) is 5.15. The van der Waals surface area contributed by atoms with Crippen molar-refractivity contribution < 1.29 is 0 Å². The van der Waals surface area contributed by atoms with Gasteiger partial charge >= 0.3 is 0 Å². The summed E-state index contributed by atoms with van der Waals surface area (Å²) < 4.78 is 0. The standard InChI is InChI=1S/C18H28N2/c1-2-12-20(18-13-19-14-18)17-10-8-16(9-11-17)15-6-4-3-5-7-15/h3-7,16-19H,2,8-14H2,1H3. The van der Waals surface area contributed by atoms with Crippen LogP contribution in [0.5, 0.6) is 0 Å². The highest BCUT2D eigenvalue weighted by Gasteiger charge is 2.32. The Morgan fingerprint density at radius 1 is 1.00 bits per heavy atom. The summed E-state index contributed by atoms with van der Waals surface area (Å²) in [5.74, 6) is 0.801. The smallest absolute Gasteiger partial charge is 0.0348 e. The zero-order chi connectivity index (χ0) is 13.8. The summed E-state index contributed by atoms with van der Waals surface area (Å²) in [7, 11) is 0. The van der Waals surface area contributed by atoms with Gasteiger partial charge in [0, 0.05) is 25.2 Å². The second-order valence-corrected chi connectivity index (χ2v) is 6.47. The van der Waals surface area contributed by atoms with Crippen molar-refractivity contribution in [2.45, 2.75) is 57.0 Å². The highest BCUT2D eigenvalue weighted by atomic mass is 15.3. The van der Waals surface area contributed by atoms with Crippen molar-refractivity contribution in [2.24, 2.45) is 0 Å². The summed E-state index contributed by atoms with van der Waals surface area (Å²) in [5.41, 5.74) is 1.55. The van der Waals surface area contributed by atoms with E-state index in [1.165, 1.54) is 51.7 Å². The fourth-order valence-corrected chi connectivity index (χ4v) is 3.90. The molecule has 1 saturated heterocycles. The zero-order valence-electron chi connectivity index (χ0n) is 12.7. The summed E-state index contributed by atoms with van der Waals surface area (Å²) in [6, 6.07) is 12.8. The van der Waals surface area contributed by atoms with E-state index in [4.69, 9.17) is 0 Å². The van der Waals surface area contributed by atoms with Crippen LogP contribution < -0.4 is 5.32 Å². The summed E-state index contributed by atoms with van der Waals surface area (Å²) in [6.07, 6.45) is 6.80. The Morgan fingerprint density at radius 2 is 1.70 bits per heavy atom. The molecule has 1 aromatic carbocycles. The molecule has 0 spiro atoms. The van der Waals surface area contributed by atoms with Crippen LogP contribution in [0.15, 0.2) is 30.3 Å². The van der Waals surface area contributed by atoms with E-state index in [-0.39, 0.29) is 0 Å². The lowest BCUT2D eigenvalue weighted by Crippen LogP contribution is -2.60. The summed E-state index contributed by atoms with van der Waals surface area (Å²) in [4.78, 5) is 2.80. The Balaban J connectivity index is 1.57. The van der Waals surface area contributed by atoms with Crippen molar-refractivity contribution in [2.75, 3.05) is 19.6 Å². The molecule has 2 aliphatic rings. The normalized spacial score (nSPS) is 27.5. The molecule has 3 rings (SSSR count). The number of nitrogens with zero attached hydrogens (tertiary/aromatic N) is 1. The van der Waals surface area contributed by atoms with E-state index in [1.807, 2.05) is 0 Å². The van der Waals surface area contributed by atoms with Crippen molar-refractivity contribution in [3.63, 3.8) is 0 Å². The first kappa shape index (κ1) is 14.1. The lowest BCUT2D eigenvalue weighted by molar-refractivity contribution is 0.0699. The van der Waals surface area contributed by atoms with E-state index in [9.17, 15) is 0 Å². The molecular formula is C18H28N2. The van der Waals surface area contributed by atoms with Crippen LogP contribution in [0.1, 0.15) is 50.5 Å². The molecule has 1 aromatic rings. The van der Waals surface area contributed by atoms with Crippen LogP contribution in [0.3, 0.4) is 0 Å². The van der Waals surface area contributed by atoms with Crippen molar-refractivity contribution in [3.05, 3.63) is 35.9 Å². The van der Waals surface area contributed by atoms with E-state index in [2.05, 4.69) is 47.5 Å². The Kier molecular flexibility index (Phi) is 4.74. The Morgan fingerprint density at radius 3 is 2.25 bits per heavy atom. The van der Waals surface area contributed by atoms with Gasteiger partial charge in [0.25, 0.3) is 0 Å². The van der Waals surface area contributed by atoms with Gasteiger partial charge in [-0.1, -0.05) is 37.3 Å². The van der Waals surface area contributed by atoms with Crippen LogP contribution in [0.2, 0.25) is 0 Å². The molecule has 0 amide bonds.